The fourth-order valence-corrected chi connectivity index (χ4v) is 2.59. The van der Waals surface area contributed by atoms with Crippen molar-refractivity contribution in [1.82, 2.24) is 0 Å². The van der Waals surface area contributed by atoms with E-state index in [1.54, 1.807) is 0 Å². The molecule has 1 atom stereocenters. The Kier molecular flexibility index (Phi) is 16.8. The second-order valence-electron chi connectivity index (χ2n) is 5.91. The van der Waals surface area contributed by atoms with Crippen LogP contribution in [0.4, 0.5) is 0 Å². The summed E-state index contributed by atoms with van der Waals surface area (Å²) in [6.45, 7) is 4.43. The third-order valence-electron chi connectivity index (χ3n) is 3.94. The molecule has 0 aliphatic carbocycles. The molecule has 0 bridgehead atoms. The van der Waals surface area contributed by atoms with Crippen molar-refractivity contribution in [3.8, 4) is 0 Å². The summed E-state index contributed by atoms with van der Waals surface area (Å²) in [6.07, 6.45) is 17.8. The van der Waals surface area contributed by atoms with E-state index >= 15 is 0 Å². The second kappa shape index (κ2) is 16.9. The highest BCUT2D eigenvalue weighted by atomic mass is 17.5. The van der Waals surface area contributed by atoms with E-state index in [1.165, 1.54) is 64.2 Å². The number of hydrogen-bond acceptors (Lipinski definition) is 3. The monoisotopic (exact) mass is 288 g/mol. The van der Waals surface area contributed by atoms with E-state index in [9.17, 15) is 0 Å². The second-order valence-corrected chi connectivity index (χ2v) is 5.91. The Balaban J connectivity index is 3.27. The molecule has 0 saturated heterocycles. The van der Waals surface area contributed by atoms with E-state index in [1.807, 2.05) is 0 Å². The van der Waals surface area contributed by atoms with Crippen molar-refractivity contribution in [3.05, 3.63) is 0 Å². The summed E-state index contributed by atoms with van der Waals surface area (Å²) in [5, 5.41) is 12.2. The lowest BCUT2D eigenvalue weighted by molar-refractivity contribution is -0.507. The van der Waals surface area contributed by atoms with Gasteiger partial charge in [0.05, 0.1) is 6.10 Å². The van der Waals surface area contributed by atoms with Gasteiger partial charge in [0.2, 0.25) is 0 Å². The van der Waals surface area contributed by atoms with Crippen LogP contribution in [0, 0.1) is 0 Å². The lowest BCUT2D eigenvalue weighted by Crippen LogP contribution is -2.12. The zero-order valence-corrected chi connectivity index (χ0v) is 13.7. The van der Waals surface area contributed by atoms with Crippen LogP contribution in [0.5, 0.6) is 0 Å². The molecule has 1 unspecified atom stereocenters. The first kappa shape index (κ1) is 19.9. The van der Waals surface area contributed by atoms with Crippen molar-refractivity contribution < 1.29 is 15.2 Å². The van der Waals surface area contributed by atoms with Crippen LogP contribution in [0.2, 0.25) is 0 Å². The fourth-order valence-electron chi connectivity index (χ4n) is 2.59. The van der Waals surface area contributed by atoms with E-state index < -0.39 is 0 Å². The summed E-state index contributed by atoms with van der Waals surface area (Å²) >= 11 is 0. The average Bonchev–Trinajstić information content (AvgIpc) is 2.46. The lowest BCUT2D eigenvalue weighted by atomic mass is 10.0. The van der Waals surface area contributed by atoms with Gasteiger partial charge in [-0.15, -0.1) is 0 Å². The fraction of sp³-hybridized carbons (Fsp3) is 1.00. The molecule has 3 nitrogen and oxygen atoms in total. The van der Waals surface area contributed by atoms with Gasteiger partial charge in [-0.2, -0.15) is 0 Å². The Labute approximate surface area is 125 Å². The first-order valence-electron chi connectivity index (χ1n) is 8.82. The van der Waals surface area contributed by atoms with Crippen LogP contribution < -0.4 is 0 Å². The zero-order valence-electron chi connectivity index (χ0n) is 13.7. The molecule has 0 spiro atoms. The van der Waals surface area contributed by atoms with Crippen molar-refractivity contribution >= 4 is 0 Å². The van der Waals surface area contributed by atoms with Crippen LogP contribution in [-0.2, 0) is 9.93 Å². The maximum atomic E-state index is 8.38. The van der Waals surface area contributed by atoms with Crippen LogP contribution in [0.25, 0.3) is 0 Å². The lowest BCUT2D eigenvalue weighted by Gasteiger charge is -2.13. The Bertz CT molecular complexity index is 174. The van der Waals surface area contributed by atoms with Gasteiger partial charge in [0, 0.05) is 0 Å². The third-order valence-corrected chi connectivity index (χ3v) is 3.94. The van der Waals surface area contributed by atoms with Gasteiger partial charge < -0.3 is 0 Å². The predicted molar refractivity (Wildman–Crippen MR) is 84.6 cm³/mol. The predicted octanol–water partition coefficient (Wildman–Crippen LogP) is 6.28. The molecule has 0 aromatic heterocycles. The zero-order chi connectivity index (χ0) is 14.9. The molecular weight excluding hydrogens is 252 g/mol. The number of unbranched alkanes of at least 4 members (excludes halogenated alkanes) is 10. The maximum Gasteiger partial charge on any atom is 0.0961 e. The van der Waals surface area contributed by atoms with E-state index in [4.69, 9.17) is 10.1 Å². The minimum atomic E-state index is 0.0639. The summed E-state index contributed by atoms with van der Waals surface area (Å²) in [5.74, 6) is 0. The van der Waals surface area contributed by atoms with E-state index in [0.29, 0.717) is 0 Å². The standard InChI is InChI=1S/C17H36O3/c1-3-5-7-8-9-10-11-12-13-14-16-17(19-20-18)15-6-4-2/h17-18H,3-16H2,1-2H3. The Hall–Kier alpha value is -0.120. The van der Waals surface area contributed by atoms with Crippen molar-refractivity contribution in [2.45, 2.75) is 110 Å². The first-order valence-corrected chi connectivity index (χ1v) is 8.82. The normalized spacial score (nSPS) is 12.8. The highest BCUT2D eigenvalue weighted by Crippen LogP contribution is 2.15. The summed E-state index contributed by atoms with van der Waals surface area (Å²) in [5.41, 5.74) is 0. The molecule has 0 aliphatic rings. The van der Waals surface area contributed by atoms with Gasteiger partial charge in [0.15, 0.2) is 0 Å². The molecule has 0 amide bonds. The summed E-state index contributed by atoms with van der Waals surface area (Å²) in [7, 11) is 0. The maximum absolute atomic E-state index is 8.38. The molecule has 0 saturated carbocycles. The molecule has 122 valence electrons. The SMILES string of the molecule is CCCCCCCCCCCCC(CCCC)OOO. The van der Waals surface area contributed by atoms with E-state index in [2.05, 4.69) is 18.9 Å². The molecule has 0 radical (unpaired) electrons. The minimum absolute atomic E-state index is 0.0639. The highest BCUT2D eigenvalue weighted by molar-refractivity contribution is 4.57. The summed E-state index contributed by atoms with van der Waals surface area (Å²) in [6, 6.07) is 0. The molecule has 0 rings (SSSR count). The molecule has 1 N–H and O–H groups in total. The van der Waals surface area contributed by atoms with Crippen molar-refractivity contribution in [3.63, 3.8) is 0 Å². The van der Waals surface area contributed by atoms with Gasteiger partial charge in [-0.1, -0.05) is 95.9 Å². The molecule has 0 aromatic rings. The quantitative estimate of drug-likeness (QED) is 0.206. The molecule has 0 aromatic carbocycles. The highest BCUT2D eigenvalue weighted by Gasteiger charge is 2.09. The van der Waals surface area contributed by atoms with E-state index in [-0.39, 0.29) is 6.10 Å². The topological polar surface area (TPSA) is 38.7 Å². The van der Waals surface area contributed by atoms with Gasteiger partial charge in [-0.05, 0) is 12.8 Å². The van der Waals surface area contributed by atoms with Gasteiger partial charge in [0.25, 0.3) is 0 Å². The van der Waals surface area contributed by atoms with Gasteiger partial charge in [-0.3, -0.25) is 0 Å². The molecule has 0 fully saturated rings. The summed E-state index contributed by atoms with van der Waals surface area (Å²) in [4.78, 5) is 4.88. The smallest absolute Gasteiger partial charge is 0.0961 e. The van der Waals surface area contributed by atoms with Gasteiger partial charge in [0.1, 0.15) is 0 Å². The average molecular weight is 288 g/mol. The summed E-state index contributed by atoms with van der Waals surface area (Å²) < 4.78 is 0. The number of rotatable bonds is 16. The van der Waals surface area contributed by atoms with Gasteiger partial charge >= 0.3 is 0 Å². The van der Waals surface area contributed by atoms with Crippen LogP contribution in [0.3, 0.4) is 0 Å². The minimum Gasteiger partial charge on any atom is -0.221 e. The van der Waals surface area contributed by atoms with Crippen molar-refractivity contribution in [2.75, 3.05) is 0 Å². The van der Waals surface area contributed by atoms with Crippen LogP contribution in [0.15, 0.2) is 0 Å². The van der Waals surface area contributed by atoms with Crippen molar-refractivity contribution in [2.24, 2.45) is 0 Å². The van der Waals surface area contributed by atoms with Crippen LogP contribution >= 0.6 is 0 Å². The molecule has 3 heteroatoms. The first-order chi connectivity index (χ1) is 9.85. The van der Waals surface area contributed by atoms with Crippen LogP contribution in [0.1, 0.15) is 104 Å². The molecular formula is C17H36O3. The van der Waals surface area contributed by atoms with E-state index in [0.717, 1.165) is 25.7 Å². The third kappa shape index (κ3) is 14.3. The Morgan fingerprint density at radius 1 is 0.650 bits per heavy atom. The van der Waals surface area contributed by atoms with Gasteiger partial charge in [-0.25, -0.2) is 10.1 Å². The van der Waals surface area contributed by atoms with Crippen LogP contribution in [-0.4, -0.2) is 11.4 Å². The Morgan fingerprint density at radius 3 is 1.60 bits per heavy atom. The molecule has 0 heterocycles. The van der Waals surface area contributed by atoms with Crippen molar-refractivity contribution in [1.29, 1.82) is 0 Å². The number of hydrogen-bond donors (Lipinski definition) is 1. The Morgan fingerprint density at radius 2 is 1.10 bits per heavy atom. The molecule has 0 aliphatic heterocycles. The molecule has 20 heavy (non-hydrogen) atoms. The largest absolute Gasteiger partial charge is 0.221 e.